The highest BCUT2D eigenvalue weighted by Gasteiger charge is 2.25. The summed E-state index contributed by atoms with van der Waals surface area (Å²) >= 11 is 0. The molecule has 1 fully saturated rings. The number of amides is 2. The number of rotatable bonds is 4. The maximum absolute atomic E-state index is 13.1. The van der Waals surface area contributed by atoms with Crippen molar-refractivity contribution in [1.29, 1.82) is 0 Å². The third-order valence-electron chi connectivity index (χ3n) is 5.20. The molecule has 0 radical (unpaired) electrons. The number of hydrogen-bond donors (Lipinski definition) is 1. The van der Waals surface area contributed by atoms with Crippen LogP contribution in [0.25, 0.3) is 5.52 Å². The Kier molecular flexibility index (Phi) is 5.46. The van der Waals surface area contributed by atoms with Crippen LogP contribution in [0.5, 0.6) is 5.75 Å². The van der Waals surface area contributed by atoms with Crippen molar-refractivity contribution in [2.75, 3.05) is 25.5 Å². The summed E-state index contributed by atoms with van der Waals surface area (Å²) in [6.07, 6.45) is 6.04. The van der Waals surface area contributed by atoms with E-state index in [9.17, 15) is 9.59 Å². The monoisotopic (exact) mass is 392 g/mol. The van der Waals surface area contributed by atoms with E-state index in [1.165, 1.54) is 0 Å². The third kappa shape index (κ3) is 3.94. The fraction of sp³-hybridized carbons (Fsp3) is 0.318. The van der Waals surface area contributed by atoms with Gasteiger partial charge in [-0.15, -0.1) is 0 Å². The van der Waals surface area contributed by atoms with E-state index in [1.54, 1.807) is 42.0 Å². The van der Waals surface area contributed by atoms with Gasteiger partial charge in [0.2, 0.25) is 5.82 Å². The number of likely N-dealkylation sites (tertiary alicyclic amines) is 1. The van der Waals surface area contributed by atoms with Gasteiger partial charge in [0.05, 0.1) is 12.6 Å². The summed E-state index contributed by atoms with van der Waals surface area (Å²) in [4.78, 5) is 32.3. The van der Waals surface area contributed by atoms with Gasteiger partial charge in [-0.1, -0.05) is 18.9 Å². The molecule has 0 bridgehead atoms. The Morgan fingerprint density at radius 1 is 1.00 bits per heavy atom. The van der Waals surface area contributed by atoms with Crippen molar-refractivity contribution < 1.29 is 14.3 Å². The number of nitrogens with one attached hydrogen (secondary N) is 1. The zero-order valence-corrected chi connectivity index (χ0v) is 16.4. The van der Waals surface area contributed by atoms with Gasteiger partial charge in [0.25, 0.3) is 11.8 Å². The topological polar surface area (TPSA) is 75.9 Å². The molecule has 7 nitrogen and oxygen atoms in total. The molecule has 0 atom stereocenters. The molecule has 7 heteroatoms. The average molecular weight is 392 g/mol. The normalized spacial score (nSPS) is 14.4. The van der Waals surface area contributed by atoms with Crippen LogP contribution < -0.4 is 10.1 Å². The number of fused-ring (bicyclic) bond motifs is 1. The largest absolute Gasteiger partial charge is 0.497 e. The van der Waals surface area contributed by atoms with Gasteiger partial charge in [-0.3, -0.25) is 14.0 Å². The Bertz CT molecular complexity index is 1020. The number of hydrogen-bond acceptors (Lipinski definition) is 4. The summed E-state index contributed by atoms with van der Waals surface area (Å²) in [6, 6.07) is 12.6. The predicted octanol–water partition coefficient (Wildman–Crippen LogP) is 3.61. The number of ether oxygens (including phenoxy) is 1. The lowest BCUT2D eigenvalue weighted by atomic mass is 10.2. The first-order chi connectivity index (χ1) is 14.2. The second-order valence-corrected chi connectivity index (χ2v) is 7.13. The maximum atomic E-state index is 13.1. The number of imidazole rings is 1. The van der Waals surface area contributed by atoms with Crippen LogP contribution in [0.3, 0.4) is 0 Å². The lowest BCUT2D eigenvalue weighted by Crippen LogP contribution is -2.32. The number of nitrogens with zero attached hydrogens (tertiary/aromatic N) is 3. The molecule has 3 aromatic rings. The highest BCUT2D eigenvalue weighted by molar-refractivity contribution is 6.06. The van der Waals surface area contributed by atoms with Crippen LogP contribution in [0.4, 0.5) is 5.69 Å². The van der Waals surface area contributed by atoms with Crippen molar-refractivity contribution in [3.63, 3.8) is 0 Å². The first kappa shape index (κ1) is 19.0. The Hall–Kier alpha value is -3.35. The standard InChI is InChI=1S/C22H24N4O3/c1-29-17-11-9-16(10-12-17)23-21(27)20-24-19(18-8-4-7-15-26(18)20)22(28)25-13-5-2-3-6-14-25/h4,7-12,15H,2-3,5-6,13-14H2,1H3,(H,23,27). The molecule has 4 rings (SSSR count). The van der Waals surface area contributed by atoms with E-state index >= 15 is 0 Å². The van der Waals surface area contributed by atoms with Crippen molar-refractivity contribution in [3.05, 3.63) is 60.2 Å². The zero-order valence-electron chi connectivity index (χ0n) is 16.4. The van der Waals surface area contributed by atoms with E-state index in [0.29, 0.717) is 22.6 Å². The third-order valence-corrected chi connectivity index (χ3v) is 5.20. The number of carbonyl (C=O) groups is 2. The van der Waals surface area contributed by atoms with Gasteiger partial charge in [0, 0.05) is 25.0 Å². The molecule has 150 valence electrons. The lowest BCUT2D eigenvalue weighted by molar-refractivity contribution is 0.0758. The SMILES string of the molecule is COc1ccc(NC(=O)c2nc(C(=O)N3CCCCCC3)c3ccccn23)cc1. The van der Waals surface area contributed by atoms with E-state index in [2.05, 4.69) is 10.3 Å². The smallest absolute Gasteiger partial charge is 0.292 e. The average Bonchev–Trinajstić information content (AvgIpc) is 2.93. The minimum absolute atomic E-state index is 0.112. The van der Waals surface area contributed by atoms with Crippen molar-refractivity contribution in [1.82, 2.24) is 14.3 Å². The van der Waals surface area contributed by atoms with E-state index in [4.69, 9.17) is 4.74 Å². The molecule has 0 saturated carbocycles. The number of methoxy groups -OCH3 is 1. The summed E-state index contributed by atoms with van der Waals surface area (Å²) in [6.45, 7) is 1.47. The molecule has 2 aromatic heterocycles. The van der Waals surface area contributed by atoms with Gasteiger partial charge in [0.1, 0.15) is 5.75 Å². The summed E-state index contributed by atoms with van der Waals surface area (Å²) in [5.41, 5.74) is 1.60. The van der Waals surface area contributed by atoms with Gasteiger partial charge in [-0.25, -0.2) is 4.98 Å². The molecule has 0 aliphatic carbocycles. The van der Waals surface area contributed by atoms with Crippen LogP contribution in [0, 0.1) is 0 Å². The Morgan fingerprint density at radius 2 is 1.72 bits per heavy atom. The Labute approximate surface area is 169 Å². The summed E-state index contributed by atoms with van der Waals surface area (Å²) in [5, 5.41) is 2.84. The van der Waals surface area contributed by atoms with Crippen LogP contribution >= 0.6 is 0 Å². The van der Waals surface area contributed by atoms with Crippen LogP contribution in [0.2, 0.25) is 0 Å². The fourth-order valence-corrected chi connectivity index (χ4v) is 3.64. The Morgan fingerprint density at radius 3 is 2.41 bits per heavy atom. The Balaban J connectivity index is 1.64. The molecular formula is C22H24N4O3. The molecule has 3 heterocycles. The summed E-state index contributed by atoms with van der Waals surface area (Å²) in [7, 11) is 1.59. The minimum Gasteiger partial charge on any atom is -0.497 e. The second-order valence-electron chi connectivity index (χ2n) is 7.13. The first-order valence-electron chi connectivity index (χ1n) is 9.89. The molecule has 1 aliphatic rings. The number of pyridine rings is 1. The van der Waals surface area contributed by atoms with Crippen molar-refractivity contribution in [2.24, 2.45) is 0 Å². The first-order valence-corrected chi connectivity index (χ1v) is 9.89. The summed E-state index contributed by atoms with van der Waals surface area (Å²) < 4.78 is 6.81. The number of carbonyl (C=O) groups excluding carboxylic acids is 2. The quantitative estimate of drug-likeness (QED) is 0.736. The van der Waals surface area contributed by atoms with E-state index in [0.717, 1.165) is 38.8 Å². The van der Waals surface area contributed by atoms with Crippen LogP contribution in [0.1, 0.15) is 46.8 Å². The van der Waals surface area contributed by atoms with Gasteiger partial charge >= 0.3 is 0 Å². The van der Waals surface area contributed by atoms with E-state index in [1.807, 2.05) is 23.1 Å². The molecule has 1 aromatic carbocycles. The van der Waals surface area contributed by atoms with Gasteiger partial charge in [-0.2, -0.15) is 0 Å². The van der Waals surface area contributed by atoms with Crippen LogP contribution in [-0.2, 0) is 0 Å². The maximum Gasteiger partial charge on any atom is 0.292 e. The summed E-state index contributed by atoms with van der Waals surface area (Å²) in [5.74, 6) is 0.416. The lowest BCUT2D eigenvalue weighted by Gasteiger charge is -2.19. The molecule has 1 saturated heterocycles. The molecular weight excluding hydrogens is 368 g/mol. The van der Waals surface area contributed by atoms with Gasteiger partial charge in [0.15, 0.2) is 5.69 Å². The molecule has 2 amide bonds. The predicted molar refractivity (Wildman–Crippen MR) is 111 cm³/mol. The zero-order chi connectivity index (χ0) is 20.2. The molecule has 1 N–H and O–H groups in total. The molecule has 0 spiro atoms. The number of benzene rings is 1. The van der Waals surface area contributed by atoms with Gasteiger partial charge in [-0.05, 0) is 49.2 Å². The molecule has 1 aliphatic heterocycles. The van der Waals surface area contributed by atoms with Crippen LogP contribution in [0.15, 0.2) is 48.7 Å². The van der Waals surface area contributed by atoms with Crippen molar-refractivity contribution in [3.8, 4) is 5.75 Å². The van der Waals surface area contributed by atoms with Gasteiger partial charge < -0.3 is 15.0 Å². The minimum atomic E-state index is -0.369. The van der Waals surface area contributed by atoms with Crippen molar-refractivity contribution >= 4 is 23.0 Å². The van der Waals surface area contributed by atoms with E-state index < -0.39 is 0 Å². The fourth-order valence-electron chi connectivity index (χ4n) is 3.64. The van der Waals surface area contributed by atoms with Crippen LogP contribution in [-0.4, -0.2) is 46.3 Å². The molecule has 29 heavy (non-hydrogen) atoms. The highest BCUT2D eigenvalue weighted by atomic mass is 16.5. The highest BCUT2D eigenvalue weighted by Crippen LogP contribution is 2.20. The number of aromatic nitrogens is 2. The molecule has 0 unspecified atom stereocenters. The van der Waals surface area contributed by atoms with Crippen molar-refractivity contribution in [2.45, 2.75) is 25.7 Å². The number of anilines is 1. The van der Waals surface area contributed by atoms with E-state index in [-0.39, 0.29) is 17.6 Å². The second kappa shape index (κ2) is 8.34.